The van der Waals surface area contributed by atoms with E-state index in [2.05, 4.69) is 22.2 Å². The van der Waals surface area contributed by atoms with Crippen LogP contribution >= 0.6 is 0 Å². The molecule has 4 nitrogen and oxygen atoms in total. The summed E-state index contributed by atoms with van der Waals surface area (Å²) in [5, 5.41) is 3.18. The Bertz CT molecular complexity index is 350. The molecule has 88 valence electrons. The molecule has 1 aromatic rings. The molecule has 2 rings (SSSR count). The van der Waals surface area contributed by atoms with Gasteiger partial charge in [-0.15, -0.1) is 0 Å². The van der Waals surface area contributed by atoms with Crippen molar-refractivity contribution < 1.29 is 4.74 Å². The molecule has 1 aliphatic rings. The first-order valence-corrected chi connectivity index (χ1v) is 6.04. The van der Waals surface area contributed by atoms with Gasteiger partial charge in [-0.25, -0.2) is 4.98 Å². The lowest BCUT2D eigenvalue weighted by Crippen LogP contribution is -2.25. The summed E-state index contributed by atoms with van der Waals surface area (Å²) in [6, 6.07) is 1.90. The minimum absolute atomic E-state index is 0.369. The van der Waals surface area contributed by atoms with E-state index in [-0.39, 0.29) is 0 Å². The van der Waals surface area contributed by atoms with Crippen molar-refractivity contribution in [3.05, 3.63) is 11.8 Å². The van der Waals surface area contributed by atoms with Crippen LogP contribution < -0.4 is 10.1 Å². The van der Waals surface area contributed by atoms with Crippen LogP contribution in [0.4, 0.5) is 5.95 Å². The van der Waals surface area contributed by atoms with Crippen LogP contribution in [0.2, 0.25) is 0 Å². The molecule has 4 heteroatoms. The Morgan fingerprint density at radius 2 is 2.25 bits per heavy atom. The second-order valence-electron chi connectivity index (χ2n) is 4.27. The highest BCUT2D eigenvalue weighted by molar-refractivity contribution is 5.30. The van der Waals surface area contributed by atoms with Crippen LogP contribution in [0, 0.1) is 6.92 Å². The third-order valence-electron chi connectivity index (χ3n) is 2.70. The first kappa shape index (κ1) is 11.2. The molecule has 1 heterocycles. The van der Waals surface area contributed by atoms with E-state index in [9.17, 15) is 0 Å². The van der Waals surface area contributed by atoms with E-state index in [4.69, 9.17) is 4.74 Å². The number of aromatic nitrogens is 2. The van der Waals surface area contributed by atoms with Gasteiger partial charge in [0.15, 0.2) is 0 Å². The van der Waals surface area contributed by atoms with Crippen molar-refractivity contribution in [1.82, 2.24) is 9.97 Å². The van der Waals surface area contributed by atoms with Crippen molar-refractivity contribution in [1.29, 1.82) is 0 Å². The molecule has 0 radical (unpaired) electrons. The van der Waals surface area contributed by atoms with E-state index >= 15 is 0 Å². The molecule has 1 fully saturated rings. The maximum atomic E-state index is 5.76. The average molecular weight is 221 g/mol. The number of anilines is 1. The standard InChI is InChI=1S/C12H19N3O/c1-3-7-13-12-14-9(2)8-11(15-12)16-10-5-4-6-10/h8,10H,3-7H2,1-2H3,(H,13,14,15). The number of nitrogens with zero attached hydrogens (tertiary/aromatic N) is 2. The molecule has 0 unspecified atom stereocenters. The zero-order valence-corrected chi connectivity index (χ0v) is 9.99. The zero-order valence-electron chi connectivity index (χ0n) is 9.99. The van der Waals surface area contributed by atoms with Crippen molar-refractivity contribution in [2.24, 2.45) is 0 Å². The van der Waals surface area contributed by atoms with Crippen molar-refractivity contribution in [3.63, 3.8) is 0 Å². The van der Waals surface area contributed by atoms with Gasteiger partial charge in [-0.1, -0.05) is 6.92 Å². The molecular formula is C12H19N3O. The monoisotopic (exact) mass is 221 g/mol. The third-order valence-corrected chi connectivity index (χ3v) is 2.70. The smallest absolute Gasteiger partial charge is 0.226 e. The van der Waals surface area contributed by atoms with E-state index in [1.165, 1.54) is 6.42 Å². The summed E-state index contributed by atoms with van der Waals surface area (Å²) in [5.74, 6) is 1.38. The van der Waals surface area contributed by atoms with Gasteiger partial charge in [-0.05, 0) is 32.6 Å². The van der Waals surface area contributed by atoms with Crippen LogP contribution in [0.3, 0.4) is 0 Å². The van der Waals surface area contributed by atoms with Gasteiger partial charge in [-0.2, -0.15) is 4.98 Å². The quantitative estimate of drug-likeness (QED) is 0.830. The Kier molecular flexibility index (Phi) is 3.59. The minimum atomic E-state index is 0.369. The van der Waals surface area contributed by atoms with Crippen LogP contribution in [0.5, 0.6) is 5.88 Å². The van der Waals surface area contributed by atoms with Crippen LogP contribution in [0.15, 0.2) is 6.07 Å². The zero-order chi connectivity index (χ0) is 11.4. The molecule has 0 spiro atoms. The van der Waals surface area contributed by atoms with Gasteiger partial charge in [0, 0.05) is 18.3 Å². The molecule has 0 saturated heterocycles. The molecule has 0 aromatic carbocycles. The van der Waals surface area contributed by atoms with E-state index in [1.54, 1.807) is 0 Å². The van der Waals surface area contributed by atoms with Gasteiger partial charge in [0.1, 0.15) is 6.10 Å². The highest BCUT2D eigenvalue weighted by Gasteiger charge is 2.19. The number of ether oxygens (including phenoxy) is 1. The molecule has 1 aliphatic carbocycles. The van der Waals surface area contributed by atoms with E-state index < -0.39 is 0 Å². The van der Waals surface area contributed by atoms with Crippen molar-refractivity contribution in [2.45, 2.75) is 45.6 Å². The van der Waals surface area contributed by atoms with Crippen LogP contribution in [0.1, 0.15) is 38.3 Å². The summed E-state index contributed by atoms with van der Waals surface area (Å²) < 4.78 is 5.76. The molecule has 0 bridgehead atoms. The molecule has 0 aliphatic heterocycles. The van der Waals surface area contributed by atoms with Gasteiger partial charge in [0.05, 0.1) is 0 Å². The number of hydrogen-bond acceptors (Lipinski definition) is 4. The van der Waals surface area contributed by atoms with E-state index in [0.717, 1.165) is 31.5 Å². The summed E-state index contributed by atoms with van der Waals surface area (Å²) in [6.45, 7) is 4.98. The second-order valence-corrected chi connectivity index (χ2v) is 4.27. The van der Waals surface area contributed by atoms with Crippen LogP contribution in [-0.2, 0) is 0 Å². The maximum absolute atomic E-state index is 5.76. The molecular weight excluding hydrogens is 202 g/mol. The first-order valence-electron chi connectivity index (χ1n) is 6.04. The Labute approximate surface area is 96.4 Å². The molecule has 0 amide bonds. The van der Waals surface area contributed by atoms with Gasteiger partial charge in [0.2, 0.25) is 11.8 Å². The summed E-state index contributed by atoms with van der Waals surface area (Å²) in [4.78, 5) is 8.67. The van der Waals surface area contributed by atoms with E-state index in [1.807, 2.05) is 13.0 Å². The lowest BCUT2D eigenvalue weighted by Gasteiger charge is -2.25. The molecule has 0 atom stereocenters. The SMILES string of the molecule is CCCNc1nc(C)cc(OC2CCC2)n1. The first-order chi connectivity index (χ1) is 7.78. The van der Waals surface area contributed by atoms with Gasteiger partial charge in [-0.3, -0.25) is 0 Å². The third kappa shape index (κ3) is 2.84. The maximum Gasteiger partial charge on any atom is 0.226 e. The fourth-order valence-electron chi connectivity index (χ4n) is 1.58. The van der Waals surface area contributed by atoms with Crippen LogP contribution in [0.25, 0.3) is 0 Å². The van der Waals surface area contributed by atoms with E-state index in [0.29, 0.717) is 17.9 Å². The Morgan fingerprint density at radius 3 is 2.88 bits per heavy atom. The van der Waals surface area contributed by atoms with Gasteiger partial charge >= 0.3 is 0 Å². The summed E-state index contributed by atoms with van der Waals surface area (Å²) >= 11 is 0. The number of nitrogens with one attached hydrogen (secondary N) is 1. The van der Waals surface area contributed by atoms with Crippen molar-refractivity contribution in [3.8, 4) is 5.88 Å². The molecule has 16 heavy (non-hydrogen) atoms. The second kappa shape index (κ2) is 5.14. The Hall–Kier alpha value is -1.32. The van der Waals surface area contributed by atoms with Crippen LogP contribution in [-0.4, -0.2) is 22.6 Å². The van der Waals surface area contributed by atoms with Gasteiger partial charge < -0.3 is 10.1 Å². The molecule has 1 saturated carbocycles. The summed E-state index contributed by atoms with van der Waals surface area (Å²) in [6.07, 6.45) is 5.01. The number of rotatable bonds is 5. The highest BCUT2D eigenvalue weighted by Crippen LogP contribution is 2.24. The minimum Gasteiger partial charge on any atom is -0.474 e. The highest BCUT2D eigenvalue weighted by atomic mass is 16.5. The molecule has 1 aromatic heterocycles. The fraction of sp³-hybridized carbons (Fsp3) is 0.667. The largest absolute Gasteiger partial charge is 0.474 e. The van der Waals surface area contributed by atoms with Gasteiger partial charge in [0.25, 0.3) is 0 Å². The topological polar surface area (TPSA) is 47.0 Å². The summed E-state index contributed by atoms with van der Waals surface area (Å²) in [7, 11) is 0. The number of aryl methyl sites for hydroxylation is 1. The van der Waals surface area contributed by atoms with Crippen molar-refractivity contribution >= 4 is 5.95 Å². The molecule has 1 N–H and O–H groups in total. The average Bonchev–Trinajstić information content (AvgIpc) is 2.20. The predicted octanol–water partition coefficient (Wildman–Crippen LogP) is 2.54. The van der Waals surface area contributed by atoms with Crippen molar-refractivity contribution in [2.75, 3.05) is 11.9 Å². The fourth-order valence-corrected chi connectivity index (χ4v) is 1.58. The summed E-state index contributed by atoms with van der Waals surface area (Å²) in [5.41, 5.74) is 0.947. The Morgan fingerprint density at radius 1 is 1.44 bits per heavy atom. The normalized spacial score (nSPS) is 15.6. The lowest BCUT2D eigenvalue weighted by molar-refractivity contribution is 0.114. The predicted molar refractivity (Wildman–Crippen MR) is 63.8 cm³/mol. The Balaban J connectivity index is 2.02. The lowest BCUT2D eigenvalue weighted by atomic mass is 9.96. The number of hydrogen-bond donors (Lipinski definition) is 1.